The summed E-state index contributed by atoms with van der Waals surface area (Å²) in [5.74, 6) is 0. The van der Waals surface area contributed by atoms with Crippen molar-refractivity contribution in [1.82, 2.24) is 0 Å². The second-order valence-electron chi connectivity index (χ2n) is 9.40. The number of quaternary nitrogens is 1. The molecule has 0 radical (unpaired) electrons. The van der Waals surface area contributed by atoms with Gasteiger partial charge in [-0.2, -0.15) is 0 Å². The van der Waals surface area contributed by atoms with E-state index in [1.807, 2.05) is 22.7 Å². The van der Waals surface area contributed by atoms with Gasteiger partial charge in [0.2, 0.25) is 0 Å². The maximum absolute atomic E-state index is 2.45. The van der Waals surface area contributed by atoms with E-state index in [1.54, 1.807) is 20.9 Å². The Morgan fingerprint density at radius 3 is 1.78 bits per heavy atom. The van der Waals surface area contributed by atoms with Crippen molar-refractivity contribution in [1.29, 1.82) is 0 Å². The van der Waals surface area contributed by atoms with Gasteiger partial charge in [-0.25, -0.2) is 0 Å². The number of thiophene rings is 2. The highest BCUT2D eigenvalue weighted by molar-refractivity contribution is 7.21. The van der Waals surface area contributed by atoms with Gasteiger partial charge < -0.3 is 4.48 Å². The second kappa shape index (κ2) is 9.24. The smallest absolute Gasteiger partial charge is 0.0780 e. The van der Waals surface area contributed by atoms with Gasteiger partial charge in [-0.05, 0) is 59.7 Å². The van der Waals surface area contributed by atoms with Crippen molar-refractivity contribution in [2.45, 2.75) is 76.5 Å². The molecule has 0 saturated heterocycles. The van der Waals surface area contributed by atoms with Crippen molar-refractivity contribution in [3.05, 3.63) is 34.0 Å². The highest BCUT2D eigenvalue weighted by Gasteiger charge is 2.43. The molecule has 2 heterocycles. The second-order valence-corrected chi connectivity index (χ2v) is 11.2. The largest absolute Gasteiger partial charge is 0.331 e. The lowest BCUT2D eigenvalue weighted by Gasteiger charge is -2.31. The summed E-state index contributed by atoms with van der Waals surface area (Å²) in [7, 11) is 6.92. The Morgan fingerprint density at radius 2 is 1.26 bits per heavy atom. The molecule has 0 amide bonds. The Balaban J connectivity index is 1.66. The minimum atomic E-state index is 0.318. The molecule has 0 bridgehead atoms. The van der Waals surface area contributed by atoms with Crippen molar-refractivity contribution in [3.8, 4) is 9.75 Å². The van der Waals surface area contributed by atoms with E-state index in [0.29, 0.717) is 5.41 Å². The van der Waals surface area contributed by atoms with Gasteiger partial charge in [0.25, 0.3) is 0 Å². The molecular weight excluding hydrogens is 366 g/mol. The molecule has 2 aromatic rings. The fourth-order valence-electron chi connectivity index (χ4n) is 4.75. The molecule has 0 spiro atoms. The topological polar surface area (TPSA) is 0 Å². The molecule has 0 fully saturated rings. The highest BCUT2D eigenvalue weighted by Crippen LogP contribution is 2.57. The first-order chi connectivity index (χ1) is 13.0. The highest BCUT2D eigenvalue weighted by atomic mass is 32.1. The van der Waals surface area contributed by atoms with Gasteiger partial charge in [-0.3, -0.25) is 0 Å². The fourth-order valence-corrected chi connectivity index (χ4v) is 6.94. The number of rotatable bonds is 12. The van der Waals surface area contributed by atoms with E-state index in [9.17, 15) is 0 Å². The van der Waals surface area contributed by atoms with E-state index < -0.39 is 0 Å². The SMILES string of the molecule is CCCCCCC1(CCCCCC[N+](C)(C)C)c2ccsc2-c2sccc21. The molecule has 0 N–H and O–H groups in total. The van der Waals surface area contributed by atoms with E-state index in [2.05, 4.69) is 51.0 Å². The summed E-state index contributed by atoms with van der Waals surface area (Å²) in [5, 5.41) is 4.66. The predicted molar refractivity (Wildman–Crippen MR) is 123 cm³/mol. The summed E-state index contributed by atoms with van der Waals surface area (Å²) in [6.45, 7) is 3.61. The van der Waals surface area contributed by atoms with Gasteiger partial charge in [0.1, 0.15) is 0 Å². The standard InChI is InChI=1S/C24H38NS2/c1-5-6-7-10-15-24(16-11-8-9-12-17-25(2,3)4)20-13-18-26-22(20)23-21(24)14-19-27-23/h13-14,18-19H,5-12,15-17H2,1-4H3/q+1. The van der Waals surface area contributed by atoms with Crippen LogP contribution in [0, 0.1) is 0 Å². The summed E-state index contributed by atoms with van der Waals surface area (Å²) in [4.78, 5) is 3.17. The van der Waals surface area contributed by atoms with Crippen molar-refractivity contribution in [2.24, 2.45) is 0 Å². The Labute approximate surface area is 175 Å². The quantitative estimate of drug-likeness (QED) is 0.251. The molecule has 27 heavy (non-hydrogen) atoms. The van der Waals surface area contributed by atoms with Crippen LogP contribution in [0.5, 0.6) is 0 Å². The van der Waals surface area contributed by atoms with Crippen LogP contribution in [-0.4, -0.2) is 32.2 Å². The maximum Gasteiger partial charge on any atom is 0.0780 e. The van der Waals surface area contributed by atoms with Gasteiger partial charge in [0.15, 0.2) is 0 Å². The zero-order chi connectivity index (χ0) is 19.3. The van der Waals surface area contributed by atoms with Crippen LogP contribution in [0.15, 0.2) is 22.9 Å². The minimum absolute atomic E-state index is 0.318. The van der Waals surface area contributed by atoms with Crippen molar-refractivity contribution in [2.75, 3.05) is 27.7 Å². The number of fused-ring (bicyclic) bond motifs is 3. The summed E-state index contributed by atoms with van der Waals surface area (Å²) >= 11 is 3.93. The van der Waals surface area contributed by atoms with Gasteiger partial charge in [-0.15, -0.1) is 22.7 Å². The number of hydrogen-bond acceptors (Lipinski definition) is 2. The molecule has 1 aliphatic rings. The Bertz CT molecular complexity index is 664. The number of nitrogens with zero attached hydrogens (tertiary/aromatic N) is 1. The van der Waals surface area contributed by atoms with E-state index in [1.165, 1.54) is 70.8 Å². The van der Waals surface area contributed by atoms with E-state index >= 15 is 0 Å². The summed E-state index contributed by atoms with van der Waals surface area (Å²) in [6, 6.07) is 4.90. The normalized spacial score (nSPS) is 15.1. The Kier molecular flexibility index (Phi) is 7.21. The van der Waals surface area contributed by atoms with Crippen molar-refractivity contribution in [3.63, 3.8) is 0 Å². The van der Waals surface area contributed by atoms with E-state index in [0.717, 1.165) is 4.48 Å². The lowest BCUT2D eigenvalue weighted by Crippen LogP contribution is -2.35. The first kappa shape index (κ1) is 21.1. The van der Waals surface area contributed by atoms with Crippen LogP contribution < -0.4 is 0 Å². The van der Waals surface area contributed by atoms with Gasteiger partial charge in [0.05, 0.1) is 27.7 Å². The summed E-state index contributed by atoms with van der Waals surface area (Å²) < 4.78 is 1.10. The molecule has 2 aromatic heterocycles. The van der Waals surface area contributed by atoms with Crippen molar-refractivity contribution >= 4 is 22.7 Å². The third kappa shape index (κ3) is 4.86. The average Bonchev–Trinajstić information content (AvgIpc) is 3.30. The molecule has 3 rings (SSSR count). The van der Waals surface area contributed by atoms with Crippen LogP contribution in [0.1, 0.15) is 82.3 Å². The zero-order valence-corrected chi connectivity index (χ0v) is 19.5. The number of hydrogen-bond donors (Lipinski definition) is 0. The van der Waals surface area contributed by atoms with Crippen molar-refractivity contribution < 1.29 is 4.48 Å². The molecular formula is C24H38NS2+. The molecule has 0 atom stereocenters. The lowest BCUT2D eigenvalue weighted by atomic mass is 9.71. The molecule has 0 aliphatic heterocycles. The molecule has 0 saturated carbocycles. The van der Waals surface area contributed by atoms with Gasteiger partial charge in [0, 0.05) is 15.2 Å². The predicted octanol–water partition coefficient (Wildman–Crippen LogP) is 7.70. The molecule has 1 aliphatic carbocycles. The molecule has 3 heteroatoms. The first-order valence-electron chi connectivity index (χ1n) is 10.9. The van der Waals surface area contributed by atoms with E-state index in [-0.39, 0.29) is 0 Å². The molecule has 0 aromatic carbocycles. The van der Waals surface area contributed by atoms with E-state index in [4.69, 9.17) is 0 Å². The maximum atomic E-state index is 2.45. The Hall–Kier alpha value is -0.640. The number of unbranched alkanes of at least 4 members (excludes halogenated alkanes) is 6. The van der Waals surface area contributed by atoms with Crippen LogP contribution in [0.3, 0.4) is 0 Å². The summed E-state index contributed by atoms with van der Waals surface area (Å²) in [5.41, 5.74) is 3.65. The van der Waals surface area contributed by atoms with Gasteiger partial charge >= 0.3 is 0 Å². The average molecular weight is 405 g/mol. The molecule has 0 unspecified atom stereocenters. The summed E-state index contributed by atoms with van der Waals surface area (Å²) in [6.07, 6.45) is 13.7. The zero-order valence-electron chi connectivity index (χ0n) is 17.9. The molecule has 150 valence electrons. The Morgan fingerprint density at radius 1 is 0.741 bits per heavy atom. The third-order valence-electron chi connectivity index (χ3n) is 6.21. The molecule has 1 nitrogen and oxygen atoms in total. The first-order valence-corrected chi connectivity index (χ1v) is 12.7. The van der Waals surface area contributed by atoms with Crippen LogP contribution in [0.2, 0.25) is 0 Å². The minimum Gasteiger partial charge on any atom is -0.331 e. The monoisotopic (exact) mass is 404 g/mol. The van der Waals surface area contributed by atoms with Crippen LogP contribution in [-0.2, 0) is 5.41 Å². The fraction of sp³-hybridized carbons (Fsp3) is 0.667. The van der Waals surface area contributed by atoms with Crippen LogP contribution in [0.4, 0.5) is 0 Å². The van der Waals surface area contributed by atoms with Crippen LogP contribution in [0.25, 0.3) is 9.75 Å². The van der Waals surface area contributed by atoms with Gasteiger partial charge in [-0.1, -0.05) is 45.4 Å². The van der Waals surface area contributed by atoms with Crippen LogP contribution >= 0.6 is 22.7 Å². The lowest BCUT2D eigenvalue weighted by molar-refractivity contribution is -0.870. The third-order valence-corrected chi connectivity index (χ3v) is 8.20.